The second-order valence-corrected chi connectivity index (χ2v) is 4.36. The summed E-state index contributed by atoms with van der Waals surface area (Å²) in [5.74, 6) is 1.32. The number of hydrogen-bond acceptors (Lipinski definition) is 4. The molecular formula is C14H18N2O3. The number of imidazole rings is 1. The van der Waals surface area contributed by atoms with E-state index in [0.29, 0.717) is 18.1 Å². The van der Waals surface area contributed by atoms with Crippen molar-refractivity contribution in [2.75, 3.05) is 7.11 Å². The Morgan fingerprint density at radius 3 is 2.79 bits per heavy atom. The van der Waals surface area contributed by atoms with E-state index in [1.54, 1.807) is 38.7 Å². The fraction of sp³-hybridized carbons (Fsp3) is 0.357. The third-order valence-electron chi connectivity index (χ3n) is 2.96. The van der Waals surface area contributed by atoms with E-state index >= 15 is 0 Å². The van der Waals surface area contributed by atoms with E-state index in [0.717, 1.165) is 11.3 Å². The van der Waals surface area contributed by atoms with Crippen LogP contribution in [-0.2, 0) is 13.7 Å². The normalized spacial score (nSPS) is 12.2. The summed E-state index contributed by atoms with van der Waals surface area (Å²) in [4.78, 5) is 4.03. The second kappa shape index (κ2) is 5.75. The summed E-state index contributed by atoms with van der Waals surface area (Å²) in [6, 6.07) is 5.39. The zero-order valence-corrected chi connectivity index (χ0v) is 11.3. The highest BCUT2D eigenvalue weighted by Crippen LogP contribution is 2.30. The van der Waals surface area contributed by atoms with Crippen molar-refractivity contribution in [2.45, 2.75) is 19.6 Å². The maximum absolute atomic E-state index is 9.74. The van der Waals surface area contributed by atoms with Crippen LogP contribution in [0.25, 0.3) is 0 Å². The Morgan fingerprint density at radius 1 is 1.42 bits per heavy atom. The fourth-order valence-electron chi connectivity index (χ4n) is 1.79. The van der Waals surface area contributed by atoms with Gasteiger partial charge >= 0.3 is 0 Å². The predicted molar refractivity (Wildman–Crippen MR) is 71.2 cm³/mol. The van der Waals surface area contributed by atoms with E-state index in [4.69, 9.17) is 9.47 Å². The molecule has 0 bridgehead atoms. The maximum Gasteiger partial charge on any atom is 0.130 e. The van der Waals surface area contributed by atoms with E-state index in [1.165, 1.54) is 0 Å². The molecule has 1 atom stereocenters. The highest BCUT2D eigenvalue weighted by atomic mass is 16.5. The van der Waals surface area contributed by atoms with E-state index in [9.17, 15) is 5.11 Å². The van der Waals surface area contributed by atoms with Gasteiger partial charge in [-0.05, 0) is 19.1 Å². The molecule has 0 fully saturated rings. The molecule has 0 amide bonds. The number of aliphatic hydroxyl groups excluding tert-OH is 1. The van der Waals surface area contributed by atoms with Gasteiger partial charge in [-0.3, -0.25) is 0 Å². The lowest BCUT2D eigenvalue weighted by Gasteiger charge is -2.14. The smallest absolute Gasteiger partial charge is 0.130 e. The van der Waals surface area contributed by atoms with Crippen molar-refractivity contribution in [1.82, 2.24) is 9.55 Å². The summed E-state index contributed by atoms with van der Waals surface area (Å²) in [5, 5.41) is 9.74. The van der Waals surface area contributed by atoms with Gasteiger partial charge < -0.3 is 19.1 Å². The quantitative estimate of drug-likeness (QED) is 0.896. The summed E-state index contributed by atoms with van der Waals surface area (Å²) in [7, 11) is 3.51. The second-order valence-electron chi connectivity index (χ2n) is 4.36. The highest BCUT2D eigenvalue weighted by Gasteiger charge is 2.11. The van der Waals surface area contributed by atoms with Gasteiger partial charge in [0.25, 0.3) is 0 Å². The molecule has 0 saturated carbocycles. The maximum atomic E-state index is 9.74. The molecule has 0 saturated heterocycles. The molecule has 0 aliphatic rings. The van der Waals surface area contributed by atoms with Crippen LogP contribution in [-0.4, -0.2) is 21.8 Å². The largest absolute Gasteiger partial charge is 0.497 e. The number of aromatic nitrogens is 2. The third-order valence-corrected chi connectivity index (χ3v) is 2.96. The first-order valence-electron chi connectivity index (χ1n) is 6.06. The number of aryl methyl sites for hydroxylation is 1. The number of methoxy groups -OCH3 is 1. The molecule has 0 radical (unpaired) electrons. The molecule has 102 valence electrons. The summed E-state index contributed by atoms with van der Waals surface area (Å²) in [6.07, 6.45) is 2.88. The van der Waals surface area contributed by atoms with Crippen LogP contribution in [0.4, 0.5) is 0 Å². The van der Waals surface area contributed by atoms with Crippen LogP contribution in [0.5, 0.6) is 11.5 Å². The van der Waals surface area contributed by atoms with Gasteiger partial charge in [-0.15, -0.1) is 0 Å². The minimum absolute atomic E-state index is 0.392. The van der Waals surface area contributed by atoms with E-state index in [2.05, 4.69) is 4.98 Å². The van der Waals surface area contributed by atoms with Gasteiger partial charge in [0.2, 0.25) is 0 Å². The molecule has 0 spiro atoms. The lowest BCUT2D eigenvalue weighted by atomic mass is 10.1. The van der Waals surface area contributed by atoms with Crippen LogP contribution in [0.1, 0.15) is 24.3 Å². The molecular weight excluding hydrogens is 244 g/mol. The average molecular weight is 262 g/mol. The van der Waals surface area contributed by atoms with E-state index in [1.807, 2.05) is 17.7 Å². The van der Waals surface area contributed by atoms with Crippen LogP contribution in [0.2, 0.25) is 0 Å². The molecule has 5 nitrogen and oxygen atoms in total. The standard InChI is InChI=1S/C14H18N2O3/c1-10(17)13-5-4-12(18-3)6-14(13)19-8-11-7-15-9-16(11)2/h4-7,9-10,17H,8H2,1-3H3/t10-/m1/s1. The molecule has 5 heteroatoms. The number of hydrogen-bond donors (Lipinski definition) is 1. The summed E-state index contributed by atoms with van der Waals surface area (Å²) in [6.45, 7) is 2.10. The van der Waals surface area contributed by atoms with Crippen LogP contribution in [0, 0.1) is 0 Å². The van der Waals surface area contributed by atoms with Crippen molar-refractivity contribution < 1.29 is 14.6 Å². The zero-order chi connectivity index (χ0) is 13.8. The van der Waals surface area contributed by atoms with Crippen molar-refractivity contribution in [1.29, 1.82) is 0 Å². The first kappa shape index (κ1) is 13.4. The monoisotopic (exact) mass is 262 g/mol. The molecule has 2 aromatic rings. The average Bonchev–Trinajstić information content (AvgIpc) is 2.81. The predicted octanol–water partition coefficient (Wildman–Crippen LogP) is 2.06. The number of benzene rings is 1. The SMILES string of the molecule is COc1ccc([C@@H](C)O)c(OCc2cncn2C)c1. The topological polar surface area (TPSA) is 56.5 Å². The van der Waals surface area contributed by atoms with Gasteiger partial charge in [-0.25, -0.2) is 4.98 Å². The Kier molecular flexibility index (Phi) is 4.06. The van der Waals surface area contributed by atoms with Crippen LogP contribution in [0.15, 0.2) is 30.7 Å². The summed E-state index contributed by atoms with van der Waals surface area (Å²) >= 11 is 0. The van der Waals surface area contributed by atoms with Gasteiger partial charge in [0.15, 0.2) is 0 Å². The van der Waals surface area contributed by atoms with Crippen molar-refractivity contribution >= 4 is 0 Å². The van der Waals surface area contributed by atoms with Gasteiger partial charge in [0, 0.05) is 18.7 Å². The number of ether oxygens (including phenoxy) is 2. The molecule has 1 aromatic carbocycles. The zero-order valence-electron chi connectivity index (χ0n) is 11.3. The van der Waals surface area contributed by atoms with Crippen LogP contribution in [0.3, 0.4) is 0 Å². The molecule has 0 unspecified atom stereocenters. The van der Waals surface area contributed by atoms with Gasteiger partial charge in [0.05, 0.1) is 31.4 Å². The highest BCUT2D eigenvalue weighted by molar-refractivity contribution is 5.41. The minimum atomic E-state index is -0.590. The Bertz CT molecular complexity index is 549. The summed E-state index contributed by atoms with van der Waals surface area (Å²) < 4.78 is 12.8. The molecule has 1 N–H and O–H groups in total. The molecule has 1 heterocycles. The van der Waals surface area contributed by atoms with Crippen molar-refractivity contribution in [3.8, 4) is 11.5 Å². The Hall–Kier alpha value is -2.01. The van der Waals surface area contributed by atoms with Gasteiger partial charge in [-0.1, -0.05) is 0 Å². The fourth-order valence-corrected chi connectivity index (χ4v) is 1.79. The lowest BCUT2D eigenvalue weighted by molar-refractivity contribution is 0.189. The van der Waals surface area contributed by atoms with Crippen molar-refractivity contribution in [3.63, 3.8) is 0 Å². The Labute approximate surface area is 112 Å². The lowest BCUT2D eigenvalue weighted by Crippen LogP contribution is -2.04. The Morgan fingerprint density at radius 2 is 2.21 bits per heavy atom. The molecule has 1 aromatic heterocycles. The number of aliphatic hydroxyl groups is 1. The van der Waals surface area contributed by atoms with E-state index < -0.39 is 6.10 Å². The van der Waals surface area contributed by atoms with Crippen LogP contribution >= 0.6 is 0 Å². The summed E-state index contributed by atoms with van der Waals surface area (Å²) in [5.41, 5.74) is 1.70. The molecule has 0 aliphatic heterocycles. The third kappa shape index (κ3) is 3.06. The van der Waals surface area contributed by atoms with E-state index in [-0.39, 0.29) is 0 Å². The number of nitrogens with zero attached hydrogens (tertiary/aromatic N) is 2. The van der Waals surface area contributed by atoms with Crippen LogP contribution < -0.4 is 9.47 Å². The molecule has 2 rings (SSSR count). The minimum Gasteiger partial charge on any atom is -0.497 e. The first-order chi connectivity index (χ1) is 9.11. The van der Waals surface area contributed by atoms with Crippen molar-refractivity contribution in [2.24, 2.45) is 7.05 Å². The number of rotatable bonds is 5. The van der Waals surface area contributed by atoms with Gasteiger partial charge in [0.1, 0.15) is 18.1 Å². The van der Waals surface area contributed by atoms with Gasteiger partial charge in [-0.2, -0.15) is 0 Å². The Balaban J connectivity index is 2.20. The molecule has 19 heavy (non-hydrogen) atoms. The molecule has 0 aliphatic carbocycles. The van der Waals surface area contributed by atoms with Crippen molar-refractivity contribution in [3.05, 3.63) is 42.0 Å². The first-order valence-corrected chi connectivity index (χ1v) is 6.06.